The van der Waals surface area contributed by atoms with Crippen LogP contribution in [-0.2, 0) is 9.63 Å². The molecule has 1 aromatic rings. The third-order valence-electron chi connectivity index (χ3n) is 4.78. The second kappa shape index (κ2) is 8.46. The molecule has 2 heterocycles. The quantitative estimate of drug-likeness (QED) is 0.710. The van der Waals surface area contributed by atoms with Crippen LogP contribution in [0.4, 0.5) is 0 Å². The van der Waals surface area contributed by atoms with Crippen LogP contribution in [0.15, 0.2) is 24.3 Å². The highest BCUT2D eigenvalue weighted by Crippen LogP contribution is 2.28. The van der Waals surface area contributed by atoms with Crippen molar-refractivity contribution in [2.75, 3.05) is 19.7 Å². The highest BCUT2D eigenvalue weighted by atomic mass is 16.7. The molecule has 0 amide bonds. The first-order valence-corrected chi connectivity index (χ1v) is 8.77. The Morgan fingerprint density at radius 1 is 1.25 bits per heavy atom. The van der Waals surface area contributed by atoms with Crippen LogP contribution < -0.4 is 15.5 Å². The number of piperidine rings is 1. The van der Waals surface area contributed by atoms with Crippen molar-refractivity contribution < 1.29 is 19.5 Å². The van der Waals surface area contributed by atoms with E-state index in [0.29, 0.717) is 12.3 Å². The predicted molar refractivity (Wildman–Crippen MR) is 89.8 cm³/mol. The molecular formula is C18H26N2O4. The van der Waals surface area contributed by atoms with Gasteiger partial charge in [-0.1, -0.05) is 12.1 Å². The Morgan fingerprint density at radius 2 is 2.00 bits per heavy atom. The summed E-state index contributed by atoms with van der Waals surface area (Å²) in [6, 6.07) is 8.23. The maximum absolute atomic E-state index is 10.6. The molecule has 2 atom stereocenters. The van der Waals surface area contributed by atoms with Gasteiger partial charge in [-0.25, -0.2) is 0 Å². The van der Waals surface area contributed by atoms with Gasteiger partial charge in [-0.05, 0) is 62.4 Å². The van der Waals surface area contributed by atoms with E-state index in [1.54, 1.807) is 0 Å². The van der Waals surface area contributed by atoms with E-state index in [1.165, 1.54) is 12.8 Å². The zero-order valence-corrected chi connectivity index (χ0v) is 13.9. The average Bonchev–Trinajstić information content (AvgIpc) is 3.08. The fraction of sp³-hybridized carbons (Fsp3) is 0.611. The van der Waals surface area contributed by atoms with Gasteiger partial charge < -0.3 is 15.2 Å². The van der Waals surface area contributed by atoms with Crippen molar-refractivity contribution in [3.8, 4) is 5.75 Å². The molecule has 2 aliphatic rings. The maximum atomic E-state index is 10.6. The molecule has 132 valence electrons. The van der Waals surface area contributed by atoms with Crippen molar-refractivity contribution >= 4 is 5.97 Å². The van der Waals surface area contributed by atoms with Crippen LogP contribution in [0.5, 0.6) is 5.75 Å². The first kappa shape index (κ1) is 17.2. The lowest BCUT2D eigenvalue weighted by Crippen LogP contribution is -2.30. The van der Waals surface area contributed by atoms with E-state index in [0.717, 1.165) is 37.4 Å². The van der Waals surface area contributed by atoms with E-state index < -0.39 is 5.97 Å². The number of hydrogen-bond donors (Lipinski definition) is 3. The standard InChI is InChI=1S/C18H26N2O4/c21-18(22)6-5-16-11-17(20-24-16)14-1-3-15(4-2-14)23-12-13-7-9-19-10-8-13/h1-4,13,16-17,19-20H,5-12H2,(H,21,22). The van der Waals surface area contributed by atoms with Crippen LogP contribution in [0.25, 0.3) is 0 Å². The molecule has 0 radical (unpaired) electrons. The summed E-state index contributed by atoms with van der Waals surface area (Å²) in [6.45, 7) is 2.95. The van der Waals surface area contributed by atoms with Crippen molar-refractivity contribution in [2.45, 2.75) is 44.2 Å². The molecule has 2 aliphatic heterocycles. The normalized spacial score (nSPS) is 24.8. The number of hydrogen-bond acceptors (Lipinski definition) is 5. The summed E-state index contributed by atoms with van der Waals surface area (Å²) in [7, 11) is 0. The van der Waals surface area contributed by atoms with Crippen LogP contribution in [0.2, 0.25) is 0 Å². The molecule has 6 heteroatoms. The molecule has 0 spiro atoms. The van der Waals surface area contributed by atoms with E-state index in [-0.39, 0.29) is 18.6 Å². The van der Waals surface area contributed by atoms with Crippen molar-refractivity contribution in [1.82, 2.24) is 10.8 Å². The molecule has 3 N–H and O–H groups in total. The van der Waals surface area contributed by atoms with E-state index in [1.807, 2.05) is 12.1 Å². The topological polar surface area (TPSA) is 79.8 Å². The van der Waals surface area contributed by atoms with Crippen LogP contribution in [-0.4, -0.2) is 36.9 Å². The Bertz CT molecular complexity index is 528. The summed E-state index contributed by atoms with van der Waals surface area (Å²) in [5.41, 5.74) is 4.15. The number of carboxylic acid groups (broad SMARTS) is 1. The zero-order valence-electron chi connectivity index (χ0n) is 13.9. The minimum atomic E-state index is -0.780. The van der Waals surface area contributed by atoms with E-state index in [9.17, 15) is 4.79 Å². The van der Waals surface area contributed by atoms with Gasteiger partial charge in [-0.15, -0.1) is 0 Å². The monoisotopic (exact) mass is 334 g/mol. The third-order valence-corrected chi connectivity index (χ3v) is 4.78. The summed E-state index contributed by atoms with van der Waals surface area (Å²) < 4.78 is 5.90. The molecule has 2 fully saturated rings. The maximum Gasteiger partial charge on any atom is 0.303 e. The Kier molecular flexibility index (Phi) is 6.07. The third kappa shape index (κ3) is 4.93. The van der Waals surface area contributed by atoms with Gasteiger partial charge >= 0.3 is 5.97 Å². The Morgan fingerprint density at radius 3 is 2.71 bits per heavy atom. The molecule has 0 aliphatic carbocycles. The lowest BCUT2D eigenvalue weighted by molar-refractivity contribution is -0.137. The molecule has 2 saturated heterocycles. The SMILES string of the molecule is O=C(O)CCC1CC(c2ccc(OCC3CCNCC3)cc2)NO1. The van der Waals surface area contributed by atoms with Crippen molar-refractivity contribution in [3.63, 3.8) is 0 Å². The molecule has 6 nitrogen and oxygen atoms in total. The lowest BCUT2D eigenvalue weighted by atomic mass is 9.99. The second-order valence-corrected chi connectivity index (χ2v) is 6.65. The van der Waals surface area contributed by atoms with Crippen molar-refractivity contribution in [3.05, 3.63) is 29.8 Å². The molecule has 3 rings (SSSR count). The fourth-order valence-corrected chi connectivity index (χ4v) is 3.26. The molecule has 0 bridgehead atoms. The Balaban J connectivity index is 1.45. The number of ether oxygens (including phenoxy) is 1. The molecular weight excluding hydrogens is 308 g/mol. The minimum Gasteiger partial charge on any atom is -0.493 e. The predicted octanol–water partition coefficient (Wildman–Crippen LogP) is 2.26. The van der Waals surface area contributed by atoms with Gasteiger partial charge in [0, 0.05) is 6.42 Å². The number of nitrogens with one attached hydrogen (secondary N) is 2. The minimum absolute atomic E-state index is 0.0399. The van der Waals surface area contributed by atoms with Crippen molar-refractivity contribution in [2.24, 2.45) is 5.92 Å². The Labute approximate surface area is 142 Å². The Hall–Kier alpha value is -1.63. The molecule has 1 aromatic carbocycles. The zero-order chi connectivity index (χ0) is 16.8. The van der Waals surface area contributed by atoms with Gasteiger partial charge in [0.15, 0.2) is 0 Å². The van der Waals surface area contributed by atoms with Gasteiger partial charge in [0.1, 0.15) is 5.75 Å². The highest BCUT2D eigenvalue weighted by Gasteiger charge is 2.27. The summed E-state index contributed by atoms with van der Waals surface area (Å²) in [6.07, 6.45) is 3.79. The van der Waals surface area contributed by atoms with Gasteiger partial charge in [-0.3, -0.25) is 9.63 Å². The van der Waals surface area contributed by atoms with Crippen LogP contribution in [0.1, 0.15) is 43.7 Å². The number of hydroxylamine groups is 1. The molecule has 2 unspecified atom stereocenters. The van der Waals surface area contributed by atoms with Gasteiger partial charge in [-0.2, -0.15) is 5.48 Å². The second-order valence-electron chi connectivity index (χ2n) is 6.65. The van der Waals surface area contributed by atoms with Gasteiger partial charge in [0.2, 0.25) is 0 Å². The van der Waals surface area contributed by atoms with Crippen molar-refractivity contribution in [1.29, 1.82) is 0 Å². The number of carbonyl (C=O) groups is 1. The van der Waals surface area contributed by atoms with Gasteiger partial charge in [0.05, 0.1) is 18.8 Å². The van der Waals surface area contributed by atoms with Crippen LogP contribution in [0.3, 0.4) is 0 Å². The smallest absolute Gasteiger partial charge is 0.303 e. The number of aliphatic carboxylic acids is 1. The van der Waals surface area contributed by atoms with Crippen LogP contribution in [0, 0.1) is 5.92 Å². The van der Waals surface area contributed by atoms with E-state index in [4.69, 9.17) is 14.7 Å². The average molecular weight is 334 g/mol. The first-order chi connectivity index (χ1) is 11.7. The van der Waals surface area contributed by atoms with E-state index in [2.05, 4.69) is 22.9 Å². The molecule has 24 heavy (non-hydrogen) atoms. The van der Waals surface area contributed by atoms with Crippen LogP contribution >= 0.6 is 0 Å². The summed E-state index contributed by atoms with van der Waals surface area (Å²) >= 11 is 0. The summed E-state index contributed by atoms with van der Waals surface area (Å²) in [5.74, 6) is 0.766. The van der Waals surface area contributed by atoms with Gasteiger partial charge in [0.25, 0.3) is 0 Å². The largest absolute Gasteiger partial charge is 0.493 e. The highest BCUT2D eigenvalue weighted by molar-refractivity contribution is 5.66. The number of benzene rings is 1. The number of carboxylic acids is 1. The van der Waals surface area contributed by atoms with E-state index >= 15 is 0 Å². The molecule has 0 aromatic heterocycles. The fourth-order valence-electron chi connectivity index (χ4n) is 3.26. The lowest BCUT2D eigenvalue weighted by Gasteiger charge is -2.22. The summed E-state index contributed by atoms with van der Waals surface area (Å²) in [5, 5.41) is 12.1. The number of rotatable bonds is 7. The summed E-state index contributed by atoms with van der Waals surface area (Å²) in [4.78, 5) is 16.1. The first-order valence-electron chi connectivity index (χ1n) is 8.77. The molecule has 0 saturated carbocycles.